The number of nitrogens with zero attached hydrogens (tertiary/aromatic N) is 2. The summed E-state index contributed by atoms with van der Waals surface area (Å²) in [6.45, 7) is 4.76. The molecule has 0 saturated heterocycles. The molecule has 1 aliphatic carbocycles. The van der Waals surface area contributed by atoms with E-state index in [0.717, 1.165) is 27.6 Å². The molecule has 264 valence electrons. The minimum absolute atomic E-state index is 0.0845. The van der Waals surface area contributed by atoms with E-state index in [1.54, 1.807) is 0 Å². The Labute approximate surface area is 331 Å². The van der Waals surface area contributed by atoms with Gasteiger partial charge in [0.05, 0.1) is 27.0 Å². The molecule has 2 aliphatic rings. The number of hydrogen-bond donors (Lipinski definition) is 0. The van der Waals surface area contributed by atoms with Gasteiger partial charge < -0.3 is 13.6 Å². The molecule has 5 heteroatoms. The second kappa shape index (κ2) is 11.0. The van der Waals surface area contributed by atoms with Crippen LogP contribution in [0.15, 0.2) is 182 Å². The van der Waals surface area contributed by atoms with Crippen LogP contribution in [0.4, 0.5) is 0 Å². The minimum Gasteiger partial charge on any atom is -0.456 e. The molecule has 56 heavy (non-hydrogen) atoms. The first-order valence-corrected chi connectivity index (χ1v) is 20.8. The van der Waals surface area contributed by atoms with Crippen molar-refractivity contribution in [2.24, 2.45) is 0 Å². The van der Waals surface area contributed by atoms with Crippen LogP contribution < -0.4 is 0 Å². The summed E-state index contributed by atoms with van der Waals surface area (Å²) in [5, 5.41) is 7.33. The second-order valence-electron chi connectivity index (χ2n) is 15.7. The van der Waals surface area contributed by atoms with Crippen molar-refractivity contribution in [1.82, 2.24) is 9.13 Å². The average molecular weight is 753 g/mol. The third kappa shape index (κ3) is 4.06. The third-order valence-electron chi connectivity index (χ3n) is 12.4. The van der Waals surface area contributed by atoms with E-state index in [-0.39, 0.29) is 5.41 Å². The van der Waals surface area contributed by atoms with E-state index in [0.29, 0.717) is 0 Å². The predicted octanol–water partition coefficient (Wildman–Crippen LogP) is 14.7. The van der Waals surface area contributed by atoms with Gasteiger partial charge >= 0.3 is 0 Å². The lowest BCUT2D eigenvalue weighted by molar-refractivity contribution is 0.661. The SMILES string of the molecule is CC1(C)c2ccccc2-c2cc3c(cc21)c1ccc2c(c1n3-c1ccc3c(c1)c1ccccc1n3-c1ccc3oc4ccccc4c3c1)Sc1ccccc1S2. The molecule has 0 atom stereocenters. The Bertz CT molecular complexity index is 3530. The minimum atomic E-state index is -0.0845. The van der Waals surface area contributed by atoms with Crippen LogP contribution in [-0.4, -0.2) is 9.13 Å². The first kappa shape index (κ1) is 31.1. The molecule has 3 nitrogen and oxygen atoms in total. The van der Waals surface area contributed by atoms with E-state index in [2.05, 4.69) is 169 Å². The normalized spacial score (nSPS) is 14.2. The van der Waals surface area contributed by atoms with Gasteiger partial charge in [-0.25, -0.2) is 0 Å². The predicted molar refractivity (Wildman–Crippen MR) is 235 cm³/mol. The number of para-hydroxylation sites is 2. The van der Waals surface area contributed by atoms with E-state index in [1.165, 1.54) is 91.1 Å². The summed E-state index contributed by atoms with van der Waals surface area (Å²) < 4.78 is 11.2. The molecule has 0 radical (unpaired) electrons. The van der Waals surface area contributed by atoms with Gasteiger partial charge in [0.2, 0.25) is 0 Å². The highest BCUT2D eigenvalue weighted by Gasteiger charge is 2.36. The van der Waals surface area contributed by atoms with Crippen molar-refractivity contribution in [3.8, 4) is 22.5 Å². The molecule has 1 aliphatic heterocycles. The first-order chi connectivity index (χ1) is 27.5. The van der Waals surface area contributed by atoms with E-state index in [4.69, 9.17) is 4.42 Å². The van der Waals surface area contributed by atoms with Crippen molar-refractivity contribution < 1.29 is 4.42 Å². The van der Waals surface area contributed by atoms with Gasteiger partial charge in [-0.05, 0) is 101 Å². The summed E-state index contributed by atoms with van der Waals surface area (Å²) in [4.78, 5) is 5.27. The van der Waals surface area contributed by atoms with Gasteiger partial charge in [0.25, 0.3) is 0 Å². The smallest absolute Gasteiger partial charge is 0.135 e. The Hall–Kier alpha value is -6.14. The fourth-order valence-electron chi connectivity index (χ4n) is 9.78. The lowest BCUT2D eigenvalue weighted by Crippen LogP contribution is -2.14. The summed E-state index contributed by atoms with van der Waals surface area (Å²) in [5.74, 6) is 0. The van der Waals surface area contributed by atoms with Crippen LogP contribution in [-0.2, 0) is 5.41 Å². The van der Waals surface area contributed by atoms with Crippen LogP contribution in [0.1, 0.15) is 25.0 Å². The zero-order valence-electron chi connectivity index (χ0n) is 30.6. The lowest BCUT2D eigenvalue weighted by atomic mass is 9.82. The van der Waals surface area contributed by atoms with Crippen LogP contribution in [0.25, 0.3) is 88.1 Å². The summed E-state index contributed by atoms with van der Waals surface area (Å²) in [5.41, 5.74) is 14.4. The van der Waals surface area contributed by atoms with Crippen LogP contribution >= 0.6 is 23.5 Å². The van der Waals surface area contributed by atoms with Gasteiger partial charge in [-0.3, -0.25) is 0 Å². The van der Waals surface area contributed by atoms with Gasteiger partial charge in [-0.2, -0.15) is 0 Å². The molecule has 0 spiro atoms. The molecule has 4 heterocycles. The molecular weight excluding hydrogens is 721 g/mol. The summed E-state index contributed by atoms with van der Waals surface area (Å²) in [6, 6.07) is 58.3. The quantitative estimate of drug-likeness (QED) is 0.176. The number of rotatable bonds is 2. The molecule has 0 amide bonds. The highest BCUT2D eigenvalue weighted by Crippen LogP contribution is 2.55. The molecule has 0 fully saturated rings. The van der Waals surface area contributed by atoms with Crippen LogP contribution in [0, 0.1) is 0 Å². The maximum atomic E-state index is 6.23. The Morgan fingerprint density at radius 2 is 1.11 bits per heavy atom. The number of fused-ring (bicyclic) bond motifs is 15. The monoisotopic (exact) mass is 752 g/mol. The molecular formula is C51H32N2OS2. The Morgan fingerprint density at radius 3 is 2.02 bits per heavy atom. The summed E-state index contributed by atoms with van der Waals surface area (Å²) in [6.07, 6.45) is 0. The van der Waals surface area contributed by atoms with Crippen molar-refractivity contribution in [3.05, 3.63) is 169 Å². The highest BCUT2D eigenvalue weighted by molar-refractivity contribution is 8.05. The largest absolute Gasteiger partial charge is 0.456 e. The van der Waals surface area contributed by atoms with Crippen molar-refractivity contribution >= 4 is 89.1 Å². The Morgan fingerprint density at radius 1 is 0.429 bits per heavy atom. The van der Waals surface area contributed by atoms with Gasteiger partial charge in [0.15, 0.2) is 0 Å². The Kier molecular flexibility index (Phi) is 6.11. The molecule has 13 rings (SSSR count). The molecule has 11 aromatic rings. The Balaban J connectivity index is 1.10. The zero-order chi connectivity index (χ0) is 36.9. The fraction of sp³-hybridized carbons (Fsp3) is 0.0588. The number of aromatic nitrogens is 2. The maximum absolute atomic E-state index is 6.23. The molecule has 3 aromatic heterocycles. The topological polar surface area (TPSA) is 23.0 Å². The van der Waals surface area contributed by atoms with Crippen LogP contribution in [0.3, 0.4) is 0 Å². The second-order valence-corrected chi connectivity index (χ2v) is 17.8. The third-order valence-corrected chi connectivity index (χ3v) is 15.0. The molecule has 0 saturated carbocycles. The molecule has 0 N–H and O–H groups in total. The van der Waals surface area contributed by atoms with Gasteiger partial charge in [0, 0.05) is 63.8 Å². The van der Waals surface area contributed by atoms with E-state index >= 15 is 0 Å². The van der Waals surface area contributed by atoms with E-state index < -0.39 is 0 Å². The van der Waals surface area contributed by atoms with Gasteiger partial charge in [-0.15, -0.1) is 0 Å². The van der Waals surface area contributed by atoms with Crippen molar-refractivity contribution in [2.45, 2.75) is 38.8 Å². The fourth-order valence-corrected chi connectivity index (χ4v) is 12.2. The van der Waals surface area contributed by atoms with Crippen LogP contribution in [0.2, 0.25) is 0 Å². The zero-order valence-corrected chi connectivity index (χ0v) is 32.3. The van der Waals surface area contributed by atoms with Crippen molar-refractivity contribution in [2.75, 3.05) is 0 Å². The lowest BCUT2D eigenvalue weighted by Gasteiger charge is -2.21. The highest BCUT2D eigenvalue weighted by atomic mass is 32.2. The molecule has 8 aromatic carbocycles. The molecule has 0 unspecified atom stereocenters. The van der Waals surface area contributed by atoms with E-state index in [9.17, 15) is 0 Å². The van der Waals surface area contributed by atoms with Crippen molar-refractivity contribution in [3.63, 3.8) is 0 Å². The molecule has 0 bridgehead atoms. The van der Waals surface area contributed by atoms with Gasteiger partial charge in [0.1, 0.15) is 11.2 Å². The van der Waals surface area contributed by atoms with Gasteiger partial charge in [-0.1, -0.05) is 116 Å². The number of benzene rings is 8. The standard InChI is InChI=1S/C51H32N2OS2/c1-51(2)39-14-6-3-11-31(39)35-28-43-37(27-40(35)51)34-21-24-48-50(56-47-18-10-9-17-46(47)55-48)49(34)53(43)30-19-22-42-36(25-30)32-12-4-7-15-41(32)52(42)29-20-23-45-38(26-29)33-13-5-8-16-44(33)54-45/h3-28H,1-2H3. The van der Waals surface area contributed by atoms with Crippen LogP contribution in [0.5, 0.6) is 0 Å². The first-order valence-electron chi connectivity index (χ1n) is 19.2. The van der Waals surface area contributed by atoms with Crippen molar-refractivity contribution in [1.29, 1.82) is 0 Å². The van der Waals surface area contributed by atoms with E-state index in [1.807, 2.05) is 35.7 Å². The number of furan rings is 1. The summed E-state index contributed by atoms with van der Waals surface area (Å²) in [7, 11) is 0. The number of hydrogen-bond acceptors (Lipinski definition) is 3. The summed E-state index contributed by atoms with van der Waals surface area (Å²) >= 11 is 3.80. The average Bonchev–Trinajstić information content (AvgIpc) is 3.94. The maximum Gasteiger partial charge on any atom is 0.135 e.